The minimum atomic E-state index is -4.70. The fourth-order valence-electron chi connectivity index (χ4n) is 6.35. The van der Waals surface area contributed by atoms with E-state index in [1.54, 1.807) is 43.5 Å². The Labute approximate surface area is 346 Å². The summed E-state index contributed by atoms with van der Waals surface area (Å²) in [4.78, 5) is 39.7. The highest BCUT2D eigenvalue weighted by atomic mass is 19.4. The normalized spacial score (nSPS) is 11.5. The van der Waals surface area contributed by atoms with Gasteiger partial charge in [0.05, 0.1) is 48.0 Å². The lowest BCUT2D eigenvalue weighted by Crippen LogP contribution is -2.15. The molecule has 62 heavy (non-hydrogen) atoms. The third-order valence-electron chi connectivity index (χ3n) is 9.28. The van der Waals surface area contributed by atoms with Crippen LogP contribution in [0.1, 0.15) is 37.9 Å². The van der Waals surface area contributed by atoms with Gasteiger partial charge in [0.15, 0.2) is 5.82 Å². The number of halogens is 7. The summed E-state index contributed by atoms with van der Waals surface area (Å²) in [6, 6.07) is 23.5. The number of benzene rings is 4. The van der Waals surface area contributed by atoms with E-state index in [1.165, 1.54) is 93.3 Å². The van der Waals surface area contributed by atoms with Crippen molar-refractivity contribution in [2.45, 2.75) is 19.3 Å². The van der Waals surface area contributed by atoms with Gasteiger partial charge in [-0.3, -0.25) is 28.7 Å². The van der Waals surface area contributed by atoms with E-state index in [9.17, 15) is 40.3 Å². The topological polar surface area (TPSA) is 138 Å². The van der Waals surface area contributed by atoms with Gasteiger partial charge in [-0.05, 0) is 97.4 Å². The van der Waals surface area contributed by atoms with Crippen molar-refractivity contribution in [1.82, 2.24) is 29.1 Å². The Morgan fingerprint density at radius 1 is 0.581 bits per heavy atom. The lowest BCUT2D eigenvalue weighted by atomic mass is 10.1. The van der Waals surface area contributed by atoms with Crippen LogP contribution in [0.2, 0.25) is 0 Å². The molecule has 12 nitrogen and oxygen atoms in total. The predicted octanol–water partition coefficient (Wildman–Crippen LogP) is 9.85. The SMILES string of the molecule is COc1ccc2c(c1)nc(C(F)(F)F)n2-c1ccc(NC(=O)c2ccncc2C)cc1.COc1ccc2c(c1)nc(C(F)(F)F)n2-c1ccc(NC(=O)c2ccncc2F)cc1. The molecule has 8 aromatic rings. The number of alkyl halides is 6. The molecular formula is C43H31F7N8O4. The number of pyridine rings is 2. The van der Waals surface area contributed by atoms with E-state index in [-0.39, 0.29) is 50.6 Å². The summed E-state index contributed by atoms with van der Waals surface area (Å²) in [5.41, 5.74) is 2.98. The first-order valence-corrected chi connectivity index (χ1v) is 18.2. The number of methoxy groups -OCH3 is 2. The van der Waals surface area contributed by atoms with Crippen molar-refractivity contribution in [3.05, 3.63) is 156 Å². The smallest absolute Gasteiger partial charge is 0.450 e. The van der Waals surface area contributed by atoms with E-state index in [1.807, 2.05) is 0 Å². The lowest BCUT2D eigenvalue weighted by molar-refractivity contribution is -0.146. The van der Waals surface area contributed by atoms with Crippen molar-refractivity contribution in [2.24, 2.45) is 0 Å². The molecule has 0 bridgehead atoms. The minimum absolute atomic E-state index is 0.122. The second-order valence-electron chi connectivity index (χ2n) is 13.3. The van der Waals surface area contributed by atoms with Crippen LogP contribution in [-0.2, 0) is 12.4 Å². The molecular weight excluding hydrogens is 826 g/mol. The molecule has 0 spiro atoms. The summed E-state index contributed by atoms with van der Waals surface area (Å²) in [6.07, 6.45) is -4.07. The molecule has 4 heterocycles. The number of imidazole rings is 2. The van der Waals surface area contributed by atoms with E-state index in [4.69, 9.17) is 9.47 Å². The summed E-state index contributed by atoms with van der Waals surface area (Å²) >= 11 is 0. The van der Waals surface area contributed by atoms with Gasteiger partial charge in [-0.25, -0.2) is 14.4 Å². The van der Waals surface area contributed by atoms with Crippen LogP contribution in [0.3, 0.4) is 0 Å². The van der Waals surface area contributed by atoms with Crippen molar-refractivity contribution < 1.29 is 49.8 Å². The number of anilines is 2. The number of aryl methyl sites for hydroxylation is 1. The van der Waals surface area contributed by atoms with Crippen LogP contribution in [0.25, 0.3) is 33.4 Å². The number of carbonyl (C=O) groups excluding carboxylic acids is 2. The number of nitrogens with one attached hydrogen (secondary N) is 2. The Bertz CT molecular complexity index is 2730. The van der Waals surface area contributed by atoms with Gasteiger partial charge >= 0.3 is 12.4 Å². The fourth-order valence-corrected chi connectivity index (χ4v) is 6.35. The van der Waals surface area contributed by atoms with Crippen LogP contribution >= 0.6 is 0 Å². The number of carbonyl (C=O) groups is 2. The van der Waals surface area contributed by atoms with Crippen molar-refractivity contribution in [3.8, 4) is 22.9 Å². The van der Waals surface area contributed by atoms with Gasteiger partial charge in [0.2, 0.25) is 11.6 Å². The molecule has 8 rings (SSSR count). The Hall–Kier alpha value is -7.83. The molecule has 0 saturated carbocycles. The van der Waals surface area contributed by atoms with E-state index >= 15 is 0 Å². The number of nitrogens with zero attached hydrogens (tertiary/aromatic N) is 6. The molecule has 2 amide bonds. The number of rotatable bonds is 8. The maximum atomic E-state index is 13.7. The van der Waals surface area contributed by atoms with Gasteiger partial charge in [-0.15, -0.1) is 0 Å². The van der Waals surface area contributed by atoms with Crippen LogP contribution < -0.4 is 20.1 Å². The first kappa shape index (κ1) is 42.3. The van der Waals surface area contributed by atoms with Gasteiger partial charge in [-0.1, -0.05) is 0 Å². The number of fused-ring (bicyclic) bond motifs is 2. The Morgan fingerprint density at radius 3 is 1.40 bits per heavy atom. The molecule has 0 aliphatic carbocycles. The quantitative estimate of drug-likeness (QED) is 0.144. The van der Waals surface area contributed by atoms with Gasteiger partial charge in [0.25, 0.3) is 11.8 Å². The number of hydrogen-bond acceptors (Lipinski definition) is 8. The van der Waals surface area contributed by atoms with Crippen LogP contribution in [0.4, 0.5) is 42.1 Å². The van der Waals surface area contributed by atoms with Crippen molar-refractivity contribution in [2.75, 3.05) is 24.9 Å². The highest BCUT2D eigenvalue weighted by Crippen LogP contribution is 2.37. The molecule has 0 saturated heterocycles. The van der Waals surface area contributed by atoms with Gasteiger partial charge in [-0.2, -0.15) is 26.3 Å². The Morgan fingerprint density at radius 2 is 1.00 bits per heavy atom. The molecule has 19 heteroatoms. The van der Waals surface area contributed by atoms with Crippen molar-refractivity contribution in [3.63, 3.8) is 0 Å². The second kappa shape index (κ2) is 17.0. The van der Waals surface area contributed by atoms with Crippen LogP contribution in [-0.4, -0.2) is 55.1 Å². The fraction of sp³-hybridized carbons (Fsp3) is 0.116. The van der Waals surface area contributed by atoms with Crippen molar-refractivity contribution in [1.29, 1.82) is 0 Å². The standard InChI is InChI=1S/C22H17F3N4O2.C21H14F4N4O2/c1-13-12-26-10-9-17(13)20(30)27-14-3-5-15(6-4-14)29-19-8-7-16(31-2)11-18(19)28-21(29)22(23,24)25;1-31-14-6-7-18-17(10-14)28-20(21(23,24)25)29(18)13-4-2-12(3-5-13)27-19(30)15-8-9-26-11-16(15)22/h3-12H,1-2H3,(H,27,30);2-11H,1H3,(H,27,30). The monoisotopic (exact) mass is 856 g/mol. The first-order valence-electron chi connectivity index (χ1n) is 18.2. The number of ether oxygens (including phenoxy) is 2. The zero-order chi connectivity index (χ0) is 44.3. The second-order valence-corrected chi connectivity index (χ2v) is 13.3. The molecule has 0 radical (unpaired) electrons. The van der Waals surface area contributed by atoms with Crippen molar-refractivity contribution >= 4 is 45.3 Å². The molecule has 4 aromatic carbocycles. The summed E-state index contributed by atoms with van der Waals surface area (Å²) in [5.74, 6) is -3.16. The zero-order valence-electron chi connectivity index (χ0n) is 32.5. The average Bonchev–Trinajstić information content (AvgIpc) is 3.84. The maximum absolute atomic E-state index is 13.7. The molecule has 0 aliphatic heterocycles. The summed E-state index contributed by atoms with van der Waals surface area (Å²) in [6.45, 7) is 1.77. The van der Waals surface area contributed by atoms with Crippen LogP contribution in [0.5, 0.6) is 11.5 Å². The number of hydrogen-bond donors (Lipinski definition) is 2. The largest absolute Gasteiger partial charge is 0.497 e. The third kappa shape index (κ3) is 8.86. The first-order chi connectivity index (χ1) is 29.5. The van der Waals surface area contributed by atoms with Gasteiger partial charge in [0, 0.05) is 59.0 Å². The third-order valence-corrected chi connectivity index (χ3v) is 9.28. The zero-order valence-corrected chi connectivity index (χ0v) is 32.5. The lowest BCUT2D eigenvalue weighted by Gasteiger charge is -2.13. The summed E-state index contributed by atoms with van der Waals surface area (Å²) < 4.78 is 108. The highest BCUT2D eigenvalue weighted by Gasteiger charge is 2.39. The molecule has 0 atom stereocenters. The molecule has 2 N–H and O–H groups in total. The minimum Gasteiger partial charge on any atom is -0.497 e. The molecule has 0 fully saturated rings. The molecule has 0 unspecified atom stereocenters. The highest BCUT2D eigenvalue weighted by molar-refractivity contribution is 6.05. The van der Waals surface area contributed by atoms with Gasteiger partial charge < -0.3 is 20.1 Å². The molecule has 0 aliphatic rings. The summed E-state index contributed by atoms with van der Waals surface area (Å²) in [5, 5.41) is 5.24. The molecule has 4 aromatic heterocycles. The Kier molecular flexibility index (Phi) is 11.6. The Balaban J connectivity index is 0.000000186. The summed E-state index contributed by atoms with van der Waals surface area (Å²) in [7, 11) is 2.84. The maximum Gasteiger partial charge on any atom is 0.450 e. The van der Waals surface area contributed by atoms with E-state index in [0.29, 0.717) is 28.3 Å². The number of aromatic nitrogens is 6. The predicted molar refractivity (Wildman–Crippen MR) is 214 cm³/mol. The van der Waals surface area contributed by atoms with Crippen LogP contribution in [0.15, 0.2) is 122 Å². The number of amides is 2. The van der Waals surface area contributed by atoms with Gasteiger partial charge in [0.1, 0.15) is 11.5 Å². The molecule has 316 valence electrons. The van der Waals surface area contributed by atoms with E-state index in [2.05, 4.69) is 30.6 Å². The van der Waals surface area contributed by atoms with E-state index in [0.717, 1.165) is 15.3 Å². The van der Waals surface area contributed by atoms with Crippen LogP contribution in [0, 0.1) is 12.7 Å². The average molecular weight is 857 g/mol. The van der Waals surface area contributed by atoms with E-state index < -0.39 is 35.7 Å².